The summed E-state index contributed by atoms with van der Waals surface area (Å²) in [5, 5.41) is 0. The number of imide groups is 1. The molecule has 12 heteroatoms. The van der Waals surface area contributed by atoms with Gasteiger partial charge in [0.15, 0.2) is 0 Å². The smallest absolute Gasteiger partial charge is 0.419 e. The highest BCUT2D eigenvalue weighted by Gasteiger charge is 2.65. The monoisotopic (exact) mass is 401 g/mol. The van der Waals surface area contributed by atoms with Crippen molar-refractivity contribution in [3.05, 3.63) is 35.9 Å². The highest BCUT2D eigenvalue weighted by atomic mass is 32.2. The van der Waals surface area contributed by atoms with Crippen LogP contribution in [0.1, 0.15) is 12.5 Å². The first kappa shape index (κ1) is 20.8. The molecule has 0 saturated carbocycles. The number of nitrogens with zero attached hydrogens (tertiary/aromatic N) is 2. The number of hydrogen-bond donors (Lipinski definition) is 2. The van der Waals surface area contributed by atoms with Crippen LogP contribution in [0.4, 0.5) is 4.79 Å². The number of amides is 3. The van der Waals surface area contributed by atoms with Gasteiger partial charge in [-0.3, -0.25) is 14.1 Å². The zero-order chi connectivity index (χ0) is 20.4. The number of carbonyl (C=O) groups is 3. The summed E-state index contributed by atoms with van der Waals surface area (Å²) in [5.74, 6) is -2.34. The molecule has 1 aromatic rings. The second kappa shape index (κ2) is 7.60. The standard InChI is InChI=1S/C15H19N3O8S/c1-10(16)12(19)18(14(21)26-8-11-6-4-3-5-7-11)15(25-2)9-17(13(15)20)27(22,23)24/h3-7,10H,8-9,16H2,1-2H3,(H,22,23,24)/t10-,15?/m1/s1. The van der Waals surface area contributed by atoms with E-state index in [1.54, 1.807) is 30.3 Å². The van der Waals surface area contributed by atoms with Crippen LogP contribution in [0.5, 0.6) is 0 Å². The zero-order valence-electron chi connectivity index (χ0n) is 14.6. The lowest BCUT2D eigenvalue weighted by molar-refractivity contribution is -0.205. The summed E-state index contributed by atoms with van der Waals surface area (Å²) in [6, 6.07) is 7.31. The molecular formula is C15H19N3O8S. The lowest BCUT2D eigenvalue weighted by Gasteiger charge is -2.49. The van der Waals surface area contributed by atoms with E-state index in [2.05, 4.69) is 0 Å². The van der Waals surface area contributed by atoms with Gasteiger partial charge in [0.05, 0.1) is 12.6 Å². The number of nitrogens with two attached hydrogens (primary N) is 1. The van der Waals surface area contributed by atoms with Gasteiger partial charge in [-0.1, -0.05) is 30.3 Å². The fourth-order valence-electron chi connectivity index (χ4n) is 2.44. The van der Waals surface area contributed by atoms with Crippen molar-refractivity contribution < 1.29 is 36.8 Å². The van der Waals surface area contributed by atoms with E-state index in [0.717, 1.165) is 7.11 Å². The van der Waals surface area contributed by atoms with E-state index >= 15 is 0 Å². The topological polar surface area (TPSA) is 157 Å². The quantitative estimate of drug-likeness (QED) is 0.364. The van der Waals surface area contributed by atoms with E-state index in [1.807, 2.05) is 0 Å². The largest absolute Gasteiger partial charge is 0.444 e. The Bertz CT molecular complexity index is 842. The molecule has 3 amide bonds. The number of benzene rings is 1. The predicted octanol–water partition coefficient (Wildman–Crippen LogP) is -0.513. The lowest BCUT2D eigenvalue weighted by Crippen LogP contribution is -2.78. The van der Waals surface area contributed by atoms with Crippen LogP contribution in [0.3, 0.4) is 0 Å². The molecule has 2 rings (SSSR count). The lowest BCUT2D eigenvalue weighted by atomic mass is 10.0. The van der Waals surface area contributed by atoms with Crippen molar-refractivity contribution in [3.8, 4) is 0 Å². The van der Waals surface area contributed by atoms with Crippen LogP contribution in [-0.2, 0) is 36.0 Å². The summed E-state index contributed by atoms with van der Waals surface area (Å²) < 4.78 is 41.5. The molecule has 0 bridgehead atoms. The molecule has 0 radical (unpaired) electrons. The third-order valence-corrected chi connectivity index (χ3v) is 4.75. The summed E-state index contributed by atoms with van der Waals surface area (Å²) >= 11 is 0. The highest BCUT2D eigenvalue weighted by molar-refractivity contribution is 7.84. The molecule has 11 nitrogen and oxygen atoms in total. The van der Waals surface area contributed by atoms with Crippen molar-refractivity contribution in [2.45, 2.75) is 25.3 Å². The number of rotatable bonds is 6. The van der Waals surface area contributed by atoms with Gasteiger partial charge in [0.25, 0.3) is 17.5 Å². The molecule has 1 unspecified atom stereocenters. The van der Waals surface area contributed by atoms with Crippen molar-refractivity contribution in [3.63, 3.8) is 0 Å². The minimum Gasteiger partial charge on any atom is -0.444 e. The Morgan fingerprint density at radius 2 is 1.96 bits per heavy atom. The number of methoxy groups -OCH3 is 1. The van der Waals surface area contributed by atoms with Gasteiger partial charge in [-0.2, -0.15) is 8.42 Å². The Kier molecular flexibility index (Phi) is 5.85. The molecule has 1 aliphatic heterocycles. The summed E-state index contributed by atoms with van der Waals surface area (Å²) in [7, 11) is -3.87. The Hall–Kier alpha value is -2.54. The molecule has 3 N–H and O–H groups in total. The van der Waals surface area contributed by atoms with Gasteiger partial charge < -0.3 is 15.2 Å². The maximum absolute atomic E-state index is 12.5. The first-order valence-corrected chi connectivity index (χ1v) is 9.09. The Morgan fingerprint density at radius 1 is 1.37 bits per heavy atom. The molecule has 148 valence electrons. The number of hydrogen-bond acceptors (Lipinski definition) is 8. The van der Waals surface area contributed by atoms with Crippen molar-refractivity contribution in [2.24, 2.45) is 5.73 Å². The van der Waals surface area contributed by atoms with Crippen LogP contribution in [0, 0.1) is 0 Å². The molecule has 1 aliphatic rings. The molecule has 1 heterocycles. The first-order chi connectivity index (χ1) is 12.5. The Balaban J connectivity index is 2.30. The fourth-order valence-corrected chi connectivity index (χ4v) is 3.13. The average Bonchev–Trinajstić information content (AvgIpc) is 2.61. The molecule has 1 fully saturated rings. The van der Waals surface area contributed by atoms with Crippen LogP contribution >= 0.6 is 0 Å². The SMILES string of the molecule is COC1(N(C(=O)OCc2ccccc2)C(=O)[C@@H](C)N)CN(S(=O)(=O)O)C1=O. The molecule has 1 saturated heterocycles. The number of ether oxygens (including phenoxy) is 2. The maximum atomic E-state index is 12.5. The summed E-state index contributed by atoms with van der Waals surface area (Å²) in [6.07, 6.45) is -1.24. The van der Waals surface area contributed by atoms with Gasteiger partial charge in [-0.15, -0.1) is 0 Å². The van der Waals surface area contributed by atoms with E-state index < -0.39 is 46.5 Å². The molecule has 0 spiro atoms. The summed E-state index contributed by atoms with van der Waals surface area (Å²) in [5.41, 5.74) is 3.86. The summed E-state index contributed by atoms with van der Waals surface area (Å²) in [4.78, 5) is 37.6. The van der Waals surface area contributed by atoms with E-state index in [9.17, 15) is 22.8 Å². The van der Waals surface area contributed by atoms with E-state index in [1.165, 1.54) is 6.92 Å². The fraction of sp³-hybridized carbons (Fsp3) is 0.400. The molecule has 0 aliphatic carbocycles. The second-order valence-electron chi connectivity index (χ2n) is 5.78. The molecular weight excluding hydrogens is 382 g/mol. The zero-order valence-corrected chi connectivity index (χ0v) is 15.4. The molecule has 0 aromatic heterocycles. The summed E-state index contributed by atoms with van der Waals surface area (Å²) in [6.45, 7) is 0.269. The van der Waals surface area contributed by atoms with Crippen molar-refractivity contribution >= 4 is 28.2 Å². The van der Waals surface area contributed by atoms with Crippen LogP contribution in [0.25, 0.3) is 0 Å². The average molecular weight is 401 g/mol. The second-order valence-corrected chi connectivity index (χ2v) is 7.12. The van der Waals surface area contributed by atoms with Gasteiger partial charge in [0.2, 0.25) is 0 Å². The van der Waals surface area contributed by atoms with Crippen LogP contribution in [0.15, 0.2) is 30.3 Å². The third kappa shape index (κ3) is 3.93. The first-order valence-electron chi connectivity index (χ1n) is 7.69. The van der Waals surface area contributed by atoms with Crippen LogP contribution in [-0.4, -0.2) is 65.5 Å². The normalized spacial score (nSPS) is 20.6. The minimum atomic E-state index is -4.87. The molecule has 27 heavy (non-hydrogen) atoms. The van der Waals surface area contributed by atoms with Crippen molar-refractivity contribution in [1.82, 2.24) is 9.21 Å². The van der Waals surface area contributed by atoms with Gasteiger partial charge in [-0.25, -0.2) is 14.0 Å². The van der Waals surface area contributed by atoms with Gasteiger partial charge in [-0.05, 0) is 12.5 Å². The van der Waals surface area contributed by atoms with Gasteiger partial charge >= 0.3 is 16.4 Å². The van der Waals surface area contributed by atoms with E-state index in [0.29, 0.717) is 10.5 Å². The van der Waals surface area contributed by atoms with Crippen molar-refractivity contribution in [2.75, 3.05) is 13.7 Å². The number of β-lactam (4-membered cyclic amide) rings is 1. The number of carbonyl (C=O) groups excluding carboxylic acids is 3. The molecule has 1 aromatic carbocycles. The van der Waals surface area contributed by atoms with E-state index in [-0.39, 0.29) is 10.9 Å². The highest BCUT2D eigenvalue weighted by Crippen LogP contribution is 2.33. The Morgan fingerprint density at radius 3 is 2.41 bits per heavy atom. The third-order valence-electron chi connectivity index (χ3n) is 3.89. The minimum absolute atomic E-state index is 0.0580. The van der Waals surface area contributed by atoms with Crippen molar-refractivity contribution in [1.29, 1.82) is 0 Å². The molecule has 2 atom stereocenters. The van der Waals surface area contributed by atoms with E-state index in [4.69, 9.17) is 19.8 Å². The maximum Gasteiger partial charge on any atom is 0.419 e. The predicted molar refractivity (Wildman–Crippen MR) is 90.1 cm³/mol. The van der Waals surface area contributed by atoms with Gasteiger partial charge in [0, 0.05) is 7.11 Å². The Labute approximate surface area is 155 Å². The van der Waals surface area contributed by atoms with Gasteiger partial charge in [0.1, 0.15) is 6.61 Å². The van der Waals surface area contributed by atoms with Crippen LogP contribution in [0.2, 0.25) is 0 Å². The van der Waals surface area contributed by atoms with Crippen LogP contribution < -0.4 is 5.73 Å².